The van der Waals surface area contributed by atoms with Gasteiger partial charge in [-0.25, -0.2) is 0 Å². The van der Waals surface area contributed by atoms with Crippen LogP contribution in [-0.4, -0.2) is 9.78 Å². The lowest BCUT2D eigenvalue weighted by Gasteiger charge is -2.16. The first-order valence-corrected chi connectivity index (χ1v) is 7.64. The van der Waals surface area contributed by atoms with E-state index >= 15 is 0 Å². The minimum absolute atomic E-state index is 0.148. The maximum absolute atomic E-state index is 6.31. The quantitative estimate of drug-likeness (QED) is 0.873. The van der Waals surface area contributed by atoms with Crippen molar-refractivity contribution in [2.45, 2.75) is 25.9 Å². The molecule has 0 aromatic carbocycles. The summed E-state index contributed by atoms with van der Waals surface area (Å²) < 4.78 is 4.01. The number of rotatable bonds is 3. The Kier molecular flexibility index (Phi) is 4.07. The second-order valence-electron chi connectivity index (χ2n) is 4.04. The van der Waals surface area contributed by atoms with Gasteiger partial charge in [-0.1, -0.05) is 0 Å². The van der Waals surface area contributed by atoms with Gasteiger partial charge < -0.3 is 5.73 Å². The van der Waals surface area contributed by atoms with Gasteiger partial charge in [0.15, 0.2) is 0 Å². The lowest BCUT2D eigenvalue weighted by molar-refractivity contribution is 0.499. The van der Waals surface area contributed by atoms with E-state index in [1.54, 1.807) is 17.5 Å². The molecule has 17 heavy (non-hydrogen) atoms. The molecule has 0 aliphatic carbocycles. The van der Waals surface area contributed by atoms with E-state index in [1.807, 2.05) is 16.8 Å². The summed E-state index contributed by atoms with van der Waals surface area (Å²) >= 11 is 8.63. The van der Waals surface area contributed by atoms with Crippen LogP contribution in [-0.2, 0) is 0 Å². The minimum Gasteiger partial charge on any atom is -0.318 e. The monoisotopic (exact) mass is 377 g/mol. The molecule has 0 amide bonds. The third-order valence-electron chi connectivity index (χ3n) is 2.47. The molecule has 2 rings (SSSR count). The second-order valence-corrected chi connectivity index (χ2v) is 7.38. The molecule has 2 aromatic heterocycles. The van der Waals surface area contributed by atoms with Crippen LogP contribution < -0.4 is 5.73 Å². The molecule has 1 unspecified atom stereocenters. The Morgan fingerprint density at radius 3 is 2.59 bits per heavy atom. The van der Waals surface area contributed by atoms with Gasteiger partial charge in [0.2, 0.25) is 0 Å². The van der Waals surface area contributed by atoms with E-state index in [2.05, 4.69) is 50.8 Å². The molecule has 0 saturated carbocycles. The van der Waals surface area contributed by atoms with Crippen molar-refractivity contribution < 1.29 is 0 Å². The van der Waals surface area contributed by atoms with Gasteiger partial charge in [-0.05, 0) is 57.8 Å². The topological polar surface area (TPSA) is 43.8 Å². The lowest BCUT2D eigenvalue weighted by Crippen LogP contribution is -2.18. The first-order chi connectivity index (χ1) is 8.00. The van der Waals surface area contributed by atoms with E-state index in [0.29, 0.717) is 6.04 Å². The van der Waals surface area contributed by atoms with Crippen molar-refractivity contribution >= 4 is 43.2 Å². The SMILES string of the molecule is CC(C)n1ncc(Br)c1C(N)c1ccc(Br)s1. The molecular weight excluding hydrogens is 366 g/mol. The van der Waals surface area contributed by atoms with Crippen LogP contribution in [0.3, 0.4) is 0 Å². The highest BCUT2D eigenvalue weighted by molar-refractivity contribution is 9.11. The highest BCUT2D eigenvalue weighted by Gasteiger charge is 2.20. The largest absolute Gasteiger partial charge is 0.318 e. The van der Waals surface area contributed by atoms with Crippen molar-refractivity contribution in [1.82, 2.24) is 9.78 Å². The number of aromatic nitrogens is 2. The van der Waals surface area contributed by atoms with E-state index in [4.69, 9.17) is 5.73 Å². The van der Waals surface area contributed by atoms with Crippen LogP contribution in [0.1, 0.15) is 36.5 Å². The Bertz CT molecular complexity index is 519. The van der Waals surface area contributed by atoms with Gasteiger partial charge in [-0.15, -0.1) is 11.3 Å². The maximum atomic E-state index is 6.31. The summed E-state index contributed by atoms with van der Waals surface area (Å²) in [6.45, 7) is 4.19. The van der Waals surface area contributed by atoms with Gasteiger partial charge in [-0.2, -0.15) is 5.10 Å². The zero-order valence-electron chi connectivity index (χ0n) is 9.52. The van der Waals surface area contributed by atoms with Crippen molar-refractivity contribution in [3.8, 4) is 0 Å². The van der Waals surface area contributed by atoms with Crippen molar-refractivity contribution in [1.29, 1.82) is 0 Å². The van der Waals surface area contributed by atoms with Gasteiger partial charge in [-0.3, -0.25) is 4.68 Å². The number of hydrogen-bond donors (Lipinski definition) is 1. The second kappa shape index (κ2) is 5.22. The van der Waals surface area contributed by atoms with Crippen molar-refractivity contribution in [3.05, 3.63) is 37.2 Å². The van der Waals surface area contributed by atoms with E-state index in [1.165, 1.54) is 0 Å². The minimum atomic E-state index is -0.148. The zero-order chi connectivity index (χ0) is 12.6. The van der Waals surface area contributed by atoms with E-state index in [-0.39, 0.29) is 6.04 Å². The van der Waals surface area contributed by atoms with E-state index < -0.39 is 0 Å². The first kappa shape index (κ1) is 13.3. The molecular formula is C11H13Br2N3S. The Balaban J connectivity index is 2.43. The molecule has 2 N–H and O–H groups in total. The normalized spacial score (nSPS) is 13.3. The standard InChI is InChI=1S/C11H13Br2N3S/c1-6(2)16-11(7(12)5-15-16)10(14)8-3-4-9(13)17-8/h3-6,10H,14H2,1-2H3. The maximum Gasteiger partial charge on any atom is 0.0829 e. The average molecular weight is 379 g/mol. The number of thiophene rings is 1. The predicted molar refractivity (Wildman–Crippen MR) is 78.4 cm³/mol. The predicted octanol–water partition coefficient (Wildman–Crippen LogP) is 4.10. The third kappa shape index (κ3) is 2.65. The third-order valence-corrected chi connectivity index (χ3v) is 4.79. The summed E-state index contributed by atoms with van der Waals surface area (Å²) in [6, 6.07) is 4.21. The Labute approximate surface area is 121 Å². The molecule has 0 spiro atoms. The van der Waals surface area contributed by atoms with Gasteiger partial charge in [0.25, 0.3) is 0 Å². The van der Waals surface area contributed by atoms with Crippen LogP contribution in [0.2, 0.25) is 0 Å². The molecule has 0 aliphatic rings. The summed E-state index contributed by atoms with van der Waals surface area (Å²) in [5, 5.41) is 4.35. The molecule has 2 aromatic rings. The van der Waals surface area contributed by atoms with Crippen molar-refractivity contribution in [2.24, 2.45) is 5.73 Å². The summed E-state index contributed by atoms with van der Waals surface area (Å²) in [4.78, 5) is 1.12. The van der Waals surface area contributed by atoms with Crippen LogP contribution in [0, 0.1) is 0 Å². The summed E-state index contributed by atoms with van der Waals surface area (Å²) in [5.41, 5.74) is 7.33. The van der Waals surface area contributed by atoms with Crippen molar-refractivity contribution in [3.63, 3.8) is 0 Å². The summed E-state index contributed by atoms with van der Waals surface area (Å²) in [6.07, 6.45) is 1.80. The molecule has 0 bridgehead atoms. The Morgan fingerprint density at radius 1 is 1.35 bits per heavy atom. The molecule has 0 saturated heterocycles. The molecule has 0 fully saturated rings. The van der Waals surface area contributed by atoms with Crippen LogP contribution in [0.5, 0.6) is 0 Å². The molecule has 0 aliphatic heterocycles. The van der Waals surface area contributed by atoms with Crippen molar-refractivity contribution in [2.75, 3.05) is 0 Å². The van der Waals surface area contributed by atoms with E-state index in [0.717, 1.165) is 18.8 Å². The molecule has 6 heteroatoms. The number of halogens is 2. The molecule has 92 valence electrons. The molecule has 1 atom stereocenters. The van der Waals surface area contributed by atoms with E-state index in [9.17, 15) is 0 Å². The van der Waals surface area contributed by atoms with Crippen LogP contribution in [0.25, 0.3) is 0 Å². The fourth-order valence-corrected chi connectivity index (χ4v) is 3.63. The van der Waals surface area contributed by atoms with Crippen LogP contribution >= 0.6 is 43.2 Å². The molecule has 0 radical (unpaired) electrons. The summed E-state index contributed by atoms with van der Waals surface area (Å²) in [7, 11) is 0. The zero-order valence-corrected chi connectivity index (χ0v) is 13.5. The smallest absolute Gasteiger partial charge is 0.0829 e. The number of hydrogen-bond acceptors (Lipinski definition) is 3. The highest BCUT2D eigenvalue weighted by Crippen LogP contribution is 2.33. The summed E-state index contributed by atoms with van der Waals surface area (Å²) in [5.74, 6) is 0. The van der Waals surface area contributed by atoms with Gasteiger partial charge in [0.05, 0.1) is 26.2 Å². The highest BCUT2D eigenvalue weighted by atomic mass is 79.9. The molecule has 3 nitrogen and oxygen atoms in total. The van der Waals surface area contributed by atoms with Gasteiger partial charge in [0, 0.05) is 10.9 Å². The van der Waals surface area contributed by atoms with Gasteiger partial charge >= 0.3 is 0 Å². The van der Waals surface area contributed by atoms with Crippen LogP contribution in [0.4, 0.5) is 0 Å². The van der Waals surface area contributed by atoms with Gasteiger partial charge in [0.1, 0.15) is 0 Å². The van der Waals surface area contributed by atoms with Crippen LogP contribution in [0.15, 0.2) is 26.6 Å². The Morgan fingerprint density at radius 2 is 2.06 bits per heavy atom. The fraction of sp³-hybridized carbons (Fsp3) is 0.364. The first-order valence-electron chi connectivity index (χ1n) is 5.24. The average Bonchev–Trinajstić information content (AvgIpc) is 2.83. The molecule has 2 heterocycles. The lowest BCUT2D eigenvalue weighted by atomic mass is 10.2. The number of nitrogens with zero attached hydrogens (tertiary/aromatic N) is 2. The fourth-order valence-electron chi connectivity index (χ4n) is 1.68. The Hall–Kier alpha value is -0.170. The number of nitrogens with two attached hydrogens (primary N) is 1.